The Balaban J connectivity index is 1.93. The molecule has 0 radical (unpaired) electrons. The molecule has 3 aromatic rings. The molecule has 0 N–H and O–H groups in total. The van der Waals surface area contributed by atoms with Crippen LogP contribution in [0.5, 0.6) is 0 Å². The molecule has 24 heavy (non-hydrogen) atoms. The molecule has 0 amide bonds. The van der Waals surface area contributed by atoms with E-state index < -0.39 is 0 Å². The largest absolute Gasteiger partial charge is 0.337 e. The fraction of sp³-hybridized carbons (Fsp3) is 0.167. The summed E-state index contributed by atoms with van der Waals surface area (Å²) in [5.74, 6) is 0.239. The minimum atomic E-state index is 0.239. The van der Waals surface area contributed by atoms with E-state index in [1.54, 1.807) is 6.20 Å². The molecule has 1 atom stereocenters. The lowest BCUT2D eigenvalue weighted by atomic mass is 9.92. The van der Waals surface area contributed by atoms with Crippen molar-refractivity contribution in [1.82, 2.24) is 9.55 Å². The van der Waals surface area contributed by atoms with E-state index in [4.69, 9.17) is 34.8 Å². The van der Waals surface area contributed by atoms with Gasteiger partial charge in [-0.15, -0.1) is 0 Å². The normalized spacial score (nSPS) is 12.3. The van der Waals surface area contributed by atoms with Crippen LogP contribution in [0.2, 0.25) is 15.1 Å². The van der Waals surface area contributed by atoms with Crippen LogP contribution in [0.25, 0.3) is 0 Å². The Bertz CT molecular complexity index is 834. The first kappa shape index (κ1) is 17.8. The van der Waals surface area contributed by atoms with Crippen LogP contribution in [0.4, 0.5) is 0 Å². The lowest BCUT2D eigenvalue weighted by Gasteiger charge is -2.20. The van der Waals surface area contributed by atoms with E-state index in [1.165, 1.54) is 5.56 Å². The van der Waals surface area contributed by atoms with Crippen molar-refractivity contribution in [3.05, 3.63) is 85.8 Å². The fourth-order valence-electron chi connectivity index (χ4n) is 2.71. The number of benzene rings is 2. The van der Waals surface area contributed by atoms with Gasteiger partial charge in [-0.3, -0.25) is 0 Å². The Morgan fingerprint density at radius 2 is 1.88 bits per heavy atom. The van der Waals surface area contributed by atoms with Crippen LogP contribution >= 0.6 is 50.7 Å². The molecule has 2 aromatic carbocycles. The average Bonchev–Trinajstić information content (AvgIpc) is 3.03. The zero-order valence-electron chi connectivity index (χ0n) is 12.6. The van der Waals surface area contributed by atoms with Gasteiger partial charge in [0.1, 0.15) is 0 Å². The number of rotatable bonds is 5. The molecule has 1 aromatic heterocycles. The summed E-state index contributed by atoms with van der Waals surface area (Å²) in [5.41, 5.74) is 2.33. The molecule has 1 heterocycles. The Kier molecular flexibility index (Phi) is 5.88. The molecule has 0 saturated heterocycles. The smallest absolute Gasteiger partial charge is 0.0946 e. The highest BCUT2D eigenvalue weighted by molar-refractivity contribution is 9.10. The lowest BCUT2D eigenvalue weighted by molar-refractivity contribution is 0.554. The minimum Gasteiger partial charge on any atom is -0.337 e. The number of imidazole rings is 1. The molecule has 0 aliphatic rings. The number of nitrogens with zero attached hydrogens (tertiary/aromatic N) is 2. The maximum atomic E-state index is 6.16. The molecule has 3 rings (SSSR count). The molecule has 2 nitrogen and oxygen atoms in total. The molecule has 1 unspecified atom stereocenters. The second-order valence-electron chi connectivity index (χ2n) is 5.57. The number of halogens is 4. The third-order valence-electron chi connectivity index (χ3n) is 3.86. The van der Waals surface area contributed by atoms with Crippen molar-refractivity contribution in [1.29, 1.82) is 0 Å². The van der Waals surface area contributed by atoms with Gasteiger partial charge in [0.05, 0.1) is 16.4 Å². The maximum absolute atomic E-state index is 6.16. The van der Waals surface area contributed by atoms with Crippen molar-refractivity contribution in [3.8, 4) is 0 Å². The van der Waals surface area contributed by atoms with Gasteiger partial charge in [0.15, 0.2) is 0 Å². The minimum absolute atomic E-state index is 0.239. The summed E-state index contributed by atoms with van der Waals surface area (Å²) in [5, 5.41) is 1.85. The van der Waals surface area contributed by atoms with Gasteiger partial charge in [-0.1, -0.05) is 62.9 Å². The van der Waals surface area contributed by atoms with Crippen LogP contribution in [0.3, 0.4) is 0 Å². The molecular formula is C18H14BrCl3N2. The van der Waals surface area contributed by atoms with Gasteiger partial charge in [0, 0.05) is 34.4 Å². The van der Waals surface area contributed by atoms with Gasteiger partial charge in [-0.05, 0) is 41.8 Å². The van der Waals surface area contributed by atoms with E-state index in [1.807, 2.05) is 42.9 Å². The first-order valence-corrected chi connectivity index (χ1v) is 9.30. The van der Waals surface area contributed by atoms with Crippen LogP contribution < -0.4 is 0 Å². The zero-order valence-corrected chi connectivity index (χ0v) is 16.4. The van der Waals surface area contributed by atoms with Crippen LogP contribution in [-0.4, -0.2) is 9.55 Å². The van der Waals surface area contributed by atoms with Crippen molar-refractivity contribution in [3.63, 3.8) is 0 Å². The highest BCUT2D eigenvalue weighted by Crippen LogP contribution is 2.33. The molecule has 0 saturated carbocycles. The van der Waals surface area contributed by atoms with Crippen LogP contribution in [0.15, 0.2) is 59.6 Å². The third-order valence-corrected chi connectivity index (χ3v) is 5.52. The number of hydrogen-bond acceptors (Lipinski definition) is 1. The molecule has 0 spiro atoms. The summed E-state index contributed by atoms with van der Waals surface area (Å²) < 4.78 is 3.07. The van der Waals surface area contributed by atoms with Gasteiger partial charge in [-0.25, -0.2) is 4.98 Å². The number of hydrogen-bond donors (Lipinski definition) is 0. The second kappa shape index (κ2) is 7.92. The summed E-state index contributed by atoms with van der Waals surface area (Å²) >= 11 is 21.9. The molecule has 0 bridgehead atoms. The Hall–Kier alpha value is -1.00. The van der Waals surface area contributed by atoms with E-state index in [2.05, 4.69) is 31.5 Å². The summed E-state index contributed by atoms with van der Waals surface area (Å²) in [7, 11) is 0. The fourth-order valence-corrected chi connectivity index (χ4v) is 4.03. The summed E-state index contributed by atoms with van der Waals surface area (Å²) in [6.07, 6.45) is 6.40. The summed E-state index contributed by atoms with van der Waals surface area (Å²) in [6.45, 7) is 0.806. The lowest BCUT2D eigenvalue weighted by Crippen LogP contribution is -2.12. The van der Waals surface area contributed by atoms with E-state index in [9.17, 15) is 0 Å². The van der Waals surface area contributed by atoms with Crippen molar-refractivity contribution >= 4 is 50.7 Å². The van der Waals surface area contributed by atoms with Gasteiger partial charge in [0.25, 0.3) is 0 Å². The van der Waals surface area contributed by atoms with Crippen molar-refractivity contribution < 1.29 is 0 Å². The number of aromatic nitrogens is 2. The molecular weight excluding hydrogens is 430 g/mol. The highest BCUT2D eigenvalue weighted by Gasteiger charge is 2.17. The van der Waals surface area contributed by atoms with Crippen LogP contribution in [0.1, 0.15) is 17.0 Å². The predicted octanol–water partition coefficient (Wildman–Crippen LogP) is 6.63. The maximum Gasteiger partial charge on any atom is 0.0946 e. The van der Waals surface area contributed by atoms with Gasteiger partial charge in [-0.2, -0.15) is 0 Å². The molecule has 0 aliphatic carbocycles. The van der Waals surface area contributed by atoms with Crippen LogP contribution in [0, 0.1) is 0 Å². The van der Waals surface area contributed by atoms with Gasteiger partial charge in [0.2, 0.25) is 0 Å². The second-order valence-corrected chi connectivity index (χ2v) is 7.68. The van der Waals surface area contributed by atoms with E-state index in [0.717, 1.165) is 23.0 Å². The predicted molar refractivity (Wildman–Crippen MR) is 104 cm³/mol. The van der Waals surface area contributed by atoms with Crippen molar-refractivity contribution in [2.24, 2.45) is 0 Å². The average molecular weight is 445 g/mol. The van der Waals surface area contributed by atoms with E-state index in [-0.39, 0.29) is 5.92 Å². The Morgan fingerprint density at radius 1 is 1.04 bits per heavy atom. The summed E-state index contributed by atoms with van der Waals surface area (Å²) in [4.78, 5) is 4.13. The highest BCUT2D eigenvalue weighted by atomic mass is 79.9. The Labute approximate surface area is 164 Å². The standard InChI is InChI=1S/C18H14BrCl3N2/c19-16-9-14(20)2-3-15(16)13(10-24-6-5-23-11-24)7-12-1-4-17(21)18(22)8-12/h1-6,8-9,11,13H,7,10H2. The van der Waals surface area contributed by atoms with Crippen molar-refractivity contribution in [2.45, 2.75) is 18.9 Å². The first-order chi connectivity index (χ1) is 11.5. The zero-order chi connectivity index (χ0) is 17.1. The quantitative estimate of drug-likeness (QED) is 0.432. The van der Waals surface area contributed by atoms with Gasteiger partial charge >= 0.3 is 0 Å². The van der Waals surface area contributed by atoms with Crippen LogP contribution in [-0.2, 0) is 13.0 Å². The molecule has 6 heteroatoms. The Morgan fingerprint density at radius 3 is 2.54 bits per heavy atom. The summed E-state index contributed by atoms with van der Waals surface area (Å²) in [6, 6.07) is 11.7. The monoisotopic (exact) mass is 442 g/mol. The van der Waals surface area contributed by atoms with Gasteiger partial charge < -0.3 is 4.57 Å². The van der Waals surface area contributed by atoms with E-state index >= 15 is 0 Å². The van der Waals surface area contributed by atoms with E-state index in [0.29, 0.717) is 15.1 Å². The SMILES string of the molecule is Clc1ccc(C(Cc2ccc(Cl)c(Cl)c2)Cn2ccnc2)c(Br)c1. The topological polar surface area (TPSA) is 17.8 Å². The first-order valence-electron chi connectivity index (χ1n) is 7.37. The molecule has 124 valence electrons. The molecule has 0 aliphatic heterocycles. The van der Waals surface area contributed by atoms with Crippen molar-refractivity contribution in [2.75, 3.05) is 0 Å². The molecule has 0 fully saturated rings. The third kappa shape index (κ3) is 4.34.